The summed E-state index contributed by atoms with van der Waals surface area (Å²) in [6.07, 6.45) is -7.39. The molecule has 1 aliphatic heterocycles. The van der Waals surface area contributed by atoms with Gasteiger partial charge in [-0.3, -0.25) is 4.79 Å². The van der Waals surface area contributed by atoms with Crippen molar-refractivity contribution in [2.24, 2.45) is 0 Å². The predicted octanol–water partition coefficient (Wildman–Crippen LogP) is 6.22. The number of alkyl halides is 6. The molecule has 0 bridgehead atoms. The largest absolute Gasteiger partial charge is 0.416 e. The van der Waals surface area contributed by atoms with E-state index in [1.165, 1.54) is 0 Å². The van der Waals surface area contributed by atoms with Gasteiger partial charge >= 0.3 is 12.4 Å². The molecule has 2 aromatic carbocycles. The third kappa shape index (κ3) is 3.70. The maximum absolute atomic E-state index is 13.2. The van der Waals surface area contributed by atoms with Gasteiger partial charge in [-0.2, -0.15) is 26.3 Å². The van der Waals surface area contributed by atoms with Gasteiger partial charge in [-0.05, 0) is 59.7 Å². The number of carbonyl (C=O) groups excluding carboxylic acids is 1. The number of likely N-dealkylation sites (tertiary alicyclic amines) is 1. The number of carbonyl (C=O) groups is 1. The van der Waals surface area contributed by atoms with Crippen LogP contribution in [-0.2, 0) is 29.0 Å². The van der Waals surface area contributed by atoms with Crippen molar-refractivity contribution in [2.45, 2.75) is 56.4 Å². The number of piperidine rings is 1. The number of halogens is 6. The number of hydrogen-bond acceptors (Lipinski definition) is 1. The van der Waals surface area contributed by atoms with Crippen LogP contribution in [0.1, 0.15) is 48.4 Å². The molecule has 1 fully saturated rings. The van der Waals surface area contributed by atoms with Gasteiger partial charge in [0.25, 0.3) is 0 Å². The average molecular weight is 441 g/mol. The van der Waals surface area contributed by atoms with E-state index in [-0.39, 0.29) is 29.0 Å². The minimum absolute atomic E-state index is 0.0255. The second-order valence-electron chi connectivity index (χ2n) is 8.64. The highest BCUT2D eigenvalue weighted by atomic mass is 19.4. The van der Waals surface area contributed by atoms with Crippen LogP contribution >= 0.6 is 0 Å². The van der Waals surface area contributed by atoms with Crippen molar-refractivity contribution >= 4 is 5.91 Å². The van der Waals surface area contributed by atoms with Crippen LogP contribution in [0.4, 0.5) is 26.3 Å². The summed E-state index contributed by atoms with van der Waals surface area (Å²) < 4.78 is 79.4. The van der Waals surface area contributed by atoms with Crippen LogP contribution in [0.25, 0.3) is 11.1 Å². The zero-order chi connectivity index (χ0) is 22.8. The fourth-order valence-electron chi connectivity index (χ4n) is 5.09. The first-order chi connectivity index (χ1) is 14.3. The number of benzene rings is 2. The first-order valence-corrected chi connectivity index (χ1v) is 9.99. The van der Waals surface area contributed by atoms with E-state index in [0.717, 1.165) is 23.3 Å². The van der Waals surface area contributed by atoms with Crippen LogP contribution in [0.3, 0.4) is 0 Å². The highest BCUT2D eigenvalue weighted by molar-refractivity contribution is 5.78. The lowest BCUT2D eigenvalue weighted by Gasteiger charge is -2.50. The Morgan fingerprint density at radius 1 is 0.903 bits per heavy atom. The molecule has 0 N–H and O–H groups in total. The summed E-state index contributed by atoms with van der Waals surface area (Å²) in [5.74, 6) is 0.0891. The monoisotopic (exact) mass is 441 g/mol. The zero-order valence-corrected chi connectivity index (χ0v) is 17.0. The van der Waals surface area contributed by atoms with Crippen molar-refractivity contribution in [3.05, 3.63) is 58.7 Å². The Labute approximate surface area is 175 Å². The van der Waals surface area contributed by atoms with E-state index >= 15 is 0 Å². The average Bonchev–Trinajstić information content (AvgIpc) is 2.69. The van der Waals surface area contributed by atoms with Gasteiger partial charge < -0.3 is 4.90 Å². The molecule has 0 saturated carbocycles. The molecule has 0 radical (unpaired) electrons. The van der Waals surface area contributed by atoms with E-state index in [9.17, 15) is 31.1 Å². The molecule has 8 heteroatoms. The SMILES string of the molecule is CN1C(=O)CC[C@]2(C)c3ccc(-c4cc(C(F)(F)F)cc(C(F)(F)F)c4)cc3CC[C@@H]12. The van der Waals surface area contributed by atoms with Crippen molar-refractivity contribution in [1.82, 2.24) is 4.90 Å². The molecule has 2 aliphatic rings. The number of likely N-dealkylation sites (N-methyl/N-ethyl adjacent to an activating group) is 1. The molecule has 1 amide bonds. The first-order valence-electron chi connectivity index (χ1n) is 9.99. The van der Waals surface area contributed by atoms with E-state index in [0.29, 0.717) is 31.2 Å². The number of hydrogen-bond donors (Lipinski definition) is 0. The third-order valence-corrected chi connectivity index (χ3v) is 6.78. The minimum atomic E-state index is -4.88. The molecule has 0 spiro atoms. The standard InChI is InChI=1S/C23H21F6NO/c1-21-8-7-20(31)30(2)19(21)6-4-14-9-13(3-5-18(14)21)15-10-16(22(24,25)26)12-17(11-15)23(27,28)29/h3,5,9-12,19H,4,6-8H2,1-2H3/t19-,21-/m1/s1. The van der Waals surface area contributed by atoms with Crippen molar-refractivity contribution in [3.63, 3.8) is 0 Å². The van der Waals surface area contributed by atoms with Crippen LogP contribution < -0.4 is 0 Å². The van der Waals surface area contributed by atoms with Gasteiger partial charge in [0.1, 0.15) is 0 Å². The third-order valence-electron chi connectivity index (χ3n) is 6.78. The Morgan fingerprint density at radius 3 is 2.10 bits per heavy atom. The molecule has 2 aromatic rings. The number of nitrogens with zero attached hydrogens (tertiary/aromatic N) is 1. The molecule has 0 aromatic heterocycles. The quantitative estimate of drug-likeness (QED) is 0.482. The lowest BCUT2D eigenvalue weighted by molar-refractivity contribution is -0.143. The van der Waals surface area contributed by atoms with E-state index in [2.05, 4.69) is 6.92 Å². The minimum Gasteiger partial charge on any atom is -0.342 e. The Morgan fingerprint density at radius 2 is 1.52 bits per heavy atom. The first kappa shape index (κ1) is 21.7. The second kappa shape index (κ2) is 7.00. The lowest BCUT2D eigenvalue weighted by Crippen LogP contribution is -2.56. The molecule has 2 nitrogen and oxygen atoms in total. The normalized spacial score (nSPS) is 24.1. The summed E-state index contributed by atoms with van der Waals surface area (Å²) in [5.41, 5.74) is -0.825. The Hall–Kier alpha value is -2.51. The zero-order valence-electron chi connectivity index (χ0n) is 17.0. The van der Waals surface area contributed by atoms with Gasteiger partial charge in [0.15, 0.2) is 0 Å². The van der Waals surface area contributed by atoms with Crippen LogP contribution in [0.2, 0.25) is 0 Å². The van der Waals surface area contributed by atoms with Crippen LogP contribution in [0.15, 0.2) is 36.4 Å². The van der Waals surface area contributed by atoms with Crippen LogP contribution in [0, 0.1) is 0 Å². The molecule has 2 atom stereocenters. The van der Waals surface area contributed by atoms with Gasteiger partial charge in [0.2, 0.25) is 5.91 Å². The molecule has 31 heavy (non-hydrogen) atoms. The number of aryl methyl sites for hydroxylation is 1. The van der Waals surface area contributed by atoms with Gasteiger partial charge in [-0.1, -0.05) is 25.1 Å². The highest BCUT2D eigenvalue weighted by Crippen LogP contribution is 2.47. The second-order valence-corrected chi connectivity index (χ2v) is 8.64. The fourth-order valence-corrected chi connectivity index (χ4v) is 5.09. The van der Waals surface area contributed by atoms with Crippen LogP contribution in [-0.4, -0.2) is 23.9 Å². The maximum atomic E-state index is 13.2. The topological polar surface area (TPSA) is 20.3 Å². The molecule has 166 valence electrons. The lowest BCUT2D eigenvalue weighted by atomic mass is 9.63. The summed E-state index contributed by atoms with van der Waals surface area (Å²) in [7, 11) is 1.78. The van der Waals surface area contributed by atoms with E-state index in [1.54, 1.807) is 30.1 Å². The van der Waals surface area contributed by atoms with E-state index in [4.69, 9.17) is 0 Å². The van der Waals surface area contributed by atoms with Gasteiger partial charge in [-0.15, -0.1) is 0 Å². The number of fused-ring (bicyclic) bond motifs is 3. The number of amides is 1. The molecular formula is C23H21F6NO. The van der Waals surface area contributed by atoms with Gasteiger partial charge in [0, 0.05) is 24.9 Å². The molecule has 0 unspecified atom stereocenters. The Bertz CT molecular complexity index is 1010. The van der Waals surface area contributed by atoms with Gasteiger partial charge in [-0.25, -0.2) is 0 Å². The fraction of sp³-hybridized carbons (Fsp3) is 0.435. The van der Waals surface area contributed by atoms with E-state index in [1.807, 2.05) is 0 Å². The van der Waals surface area contributed by atoms with Crippen molar-refractivity contribution < 1.29 is 31.1 Å². The summed E-state index contributed by atoms with van der Waals surface area (Å²) in [6, 6.07) is 6.77. The number of rotatable bonds is 1. The molecule has 4 rings (SSSR count). The predicted molar refractivity (Wildman–Crippen MR) is 103 cm³/mol. The van der Waals surface area contributed by atoms with E-state index < -0.39 is 23.5 Å². The van der Waals surface area contributed by atoms with Crippen LogP contribution in [0.5, 0.6) is 0 Å². The Kier molecular flexibility index (Phi) is 4.90. The van der Waals surface area contributed by atoms with Crippen molar-refractivity contribution in [2.75, 3.05) is 7.05 Å². The summed E-state index contributed by atoms with van der Waals surface area (Å²) in [6.45, 7) is 2.07. The van der Waals surface area contributed by atoms with Crippen molar-refractivity contribution in [3.8, 4) is 11.1 Å². The molecule has 1 aliphatic carbocycles. The maximum Gasteiger partial charge on any atom is 0.416 e. The van der Waals surface area contributed by atoms with Gasteiger partial charge in [0.05, 0.1) is 11.1 Å². The Balaban J connectivity index is 1.80. The highest BCUT2D eigenvalue weighted by Gasteiger charge is 2.46. The summed E-state index contributed by atoms with van der Waals surface area (Å²) in [5, 5.41) is 0. The van der Waals surface area contributed by atoms with Crippen molar-refractivity contribution in [1.29, 1.82) is 0 Å². The molecule has 1 heterocycles. The smallest absolute Gasteiger partial charge is 0.342 e. The summed E-state index contributed by atoms with van der Waals surface area (Å²) >= 11 is 0. The molecular weight excluding hydrogens is 420 g/mol. The summed E-state index contributed by atoms with van der Waals surface area (Å²) in [4.78, 5) is 13.9. The molecule has 1 saturated heterocycles.